The maximum atomic E-state index is 13.7. The van der Waals surface area contributed by atoms with Crippen LogP contribution in [-0.4, -0.2) is 33.4 Å². The zero-order valence-electron chi connectivity index (χ0n) is 27.4. The summed E-state index contributed by atoms with van der Waals surface area (Å²) in [5.41, 5.74) is 3.41. The first-order valence-corrected chi connectivity index (χ1v) is 16.6. The van der Waals surface area contributed by atoms with Gasteiger partial charge in [-0.1, -0.05) is 88.2 Å². The van der Waals surface area contributed by atoms with Crippen LogP contribution in [0.1, 0.15) is 79.4 Å². The second kappa shape index (κ2) is 18.9. The number of amides is 1. The van der Waals surface area contributed by atoms with Crippen molar-refractivity contribution in [3.05, 3.63) is 124 Å². The zero-order valence-corrected chi connectivity index (χ0v) is 28.3. The van der Waals surface area contributed by atoms with E-state index in [0.717, 1.165) is 17.5 Å². The van der Waals surface area contributed by atoms with E-state index in [1.807, 2.05) is 30.3 Å². The number of unbranched alkanes of at least 4 members (excludes halogenated alkanes) is 1. The molecule has 4 rings (SSSR count). The minimum Gasteiger partial charge on any atom is -0.507 e. The Labute approximate surface area is 287 Å². The summed E-state index contributed by atoms with van der Waals surface area (Å²) in [5, 5.41) is 18.8. The molecule has 1 atom stereocenters. The summed E-state index contributed by atoms with van der Waals surface area (Å²) < 4.78 is 68.2. The van der Waals surface area contributed by atoms with Crippen molar-refractivity contribution in [3.63, 3.8) is 0 Å². The maximum absolute atomic E-state index is 13.7. The third-order valence-electron chi connectivity index (χ3n) is 7.82. The molecule has 4 aromatic carbocycles. The number of aromatic carboxylic acids is 1. The van der Waals surface area contributed by atoms with Gasteiger partial charge in [-0.25, -0.2) is 31.1 Å². The second-order valence-corrected chi connectivity index (χ2v) is 12.3. The van der Waals surface area contributed by atoms with E-state index in [1.165, 1.54) is 52.2 Å². The molecule has 0 fully saturated rings. The first-order chi connectivity index (χ1) is 23.4. The van der Waals surface area contributed by atoms with Crippen molar-refractivity contribution in [2.75, 3.05) is 11.4 Å². The molecular weight excluding hydrogens is 663 g/mol. The Hall–Kier alpha value is -4.42. The maximum Gasteiger partial charge on any atom is 0.339 e. The molecule has 12 heteroatoms. The number of anilines is 1. The van der Waals surface area contributed by atoms with Crippen molar-refractivity contribution >= 4 is 30.0 Å². The molecule has 0 heterocycles. The number of carboxylic acid groups (broad SMARTS) is 1. The van der Waals surface area contributed by atoms with Gasteiger partial charge >= 0.3 is 5.97 Å². The summed E-state index contributed by atoms with van der Waals surface area (Å²) in [5.74, 6) is -10.6. The fraction of sp³-hybridized carbons (Fsp3) is 0.297. The number of hydrogen-bond donors (Lipinski definition) is 2. The van der Waals surface area contributed by atoms with Crippen molar-refractivity contribution in [3.8, 4) is 5.75 Å². The molecule has 2 N–H and O–H groups in total. The van der Waals surface area contributed by atoms with E-state index >= 15 is 0 Å². The number of carbonyl (C=O) groups is 2. The molecule has 0 aromatic heterocycles. The predicted molar refractivity (Wildman–Crippen MR) is 181 cm³/mol. The lowest BCUT2D eigenvalue weighted by Gasteiger charge is -2.20. The number of hydrogen-bond acceptors (Lipinski definition) is 5. The first kappa shape index (κ1) is 39.0. The van der Waals surface area contributed by atoms with E-state index in [4.69, 9.17) is 5.11 Å². The molecule has 49 heavy (non-hydrogen) atoms. The number of carboxylic acids is 1. The van der Waals surface area contributed by atoms with Gasteiger partial charge in [-0.3, -0.25) is 4.79 Å². The standard InChI is InChI=1S/C22H27NO4.C15H12F5NS/c1-3-5-6-17(4-2)18-9-7-16(8-10-18)14-23(15-24)19-11-12-20(22(26)27)21(25)13-19;1-2-21(8-9-6-4-3-5-7-9)22-15-13(19)11(17)10(16)12(18)14(15)20/h7-13,15,17,25H,3-6,14H2,1-2H3,(H,26,27);3-7H,2,8H2,1H3. The fourth-order valence-electron chi connectivity index (χ4n) is 5.01. The van der Waals surface area contributed by atoms with E-state index in [1.54, 1.807) is 19.1 Å². The minimum atomic E-state index is -2.15. The number of halogens is 5. The van der Waals surface area contributed by atoms with Crippen molar-refractivity contribution in [2.45, 2.75) is 70.4 Å². The average Bonchev–Trinajstić information content (AvgIpc) is 3.11. The molecule has 0 radical (unpaired) electrons. The normalized spacial score (nSPS) is 11.5. The van der Waals surface area contributed by atoms with Crippen molar-refractivity contribution < 1.29 is 41.8 Å². The van der Waals surface area contributed by atoms with Gasteiger partial charge in [0.25, 0.3) is 0 Å². The minimum absolute atomic E-state index is 0.188. The van der Waals surface area contributed by atoms with Crippen molar-refractivity contribution in [1.82, 2.24) is 4.31 Å². The molecular formula is C37H39F5N2O4S. The summed E-state index contributed by atoms with van der Waals surface area (Å²) in [6, 6.07) is 21.4. The third kappa shape index (κ3) is 10.5. The average molecular weight is 703 g/mol. The Kier molecular flexibility index (Phi) is 15.1. The largest absolute Gasteiger partial charge is 0.507 e. The van der Waals surface area contributed by atoms with Gasteiger partial charge in [0.1, 0.15) is 16.2 Å². The summed E-state index contributed by atoms with van der Waals surface area (Å²) in [7, 11) is 0. The fourth-order valence-corrected chi connectivity index (χ4v) is 5.95. The van der Waals surface area contributed by atoms with Gasteiger partial charge in [0.2, 0.25) is 12.2 Å². The molecule has 0 aliphatic rings. The van der Waals surface area contributed by atoms with Gasteiger partial charge in [0.15, 0.2) is 23.3 Å². The van der Waals surface area contributed by atoms with Crippen LogP contribution in [0.4, 0.5) is 27.6 Å². The lowest BCUT2D eigenvalue weighted by Crippen LogP contribution is -2.20. The third-order valence-corrected chi connectivity index (χ3v) is 9.00. The SMILES string of the molecule is CCCCC(CC)c1ccc(CN(C=O)c2ccc(C(=O)O)c(O)c2)cc1.CCN(Cc1ccccc1)Sc1c(F)c(F)c(F)c(F)c1F. The molecule has 0 saturated heterocycles. The molecule has 0 saturated carbocycles. The number of benzene rings is 4. The number of nitrogens with zero attached hydrogens (tertiary/aromatic N) is 2. The molecule has 0 aliphatic carbocycles. The number of phenols is 1. The van der Waals surface area contributed by atoms with Crippen LogP contribution in [0.25, 0.3) is 0 Å². The summed E-state index contributed by atoms with van der Waals surface area (Å²) >= 11 is 0.510. The van der Waals surface area contributed by atoms with E-state index in [2.05, 4.69) is 26.0 Å². The van der Waals surface area contributed by atoms with Crippen LogP contribution in [0, 0.1) is 29.1 Å². The first-order valence-electron chi connectivity index (χ1n) is 15.8. The van der Waals surface area contributed by atoms with Crippen molar-refractivity contribution in [1.29, 1.82) is 0 Å². The van der Waals surface area contributed by atoms with Gasteiger partial charge < -0.3 is 15.1 Å². The molecule has 0 aliphatic heterocycles. The lowest BCUT2D eigenvalue weighted by molar-refractivity contribution is -0.107. The van der Waals surface area contributed by atoms with Gasteiger partial charge in [-0.15, -0.1) is 0 Å². The van der Waals surface area contributed by atoms with Crippen LogP contribution < -0.4 is 4.90 Å². The smallest absolute Gasteiger partial charge is 0.339 e. The number of aromatic hydroxyl groups is 1. The van der Waals surface area contributed by atoms with Crippen LogP contribution >= 0.6 is 11.9 Å². The molecule has 0 bridgehead atoms. The highest BCUT2D eigenvalue weighted by atomic mass is 32.2. The van der Waals surface area contributed by atoms with Crippen LogP contribution in [-0.2, 0) is 17.9 Å². The van der Waals surface area contributed by atoms with Crippen LogP contribution in [0.15, 0.2) is 77.7 Å². The summed E-state index contributed by atoms with van der Waals surface area (Å²) in [6.45, 7) is 7.14. The Morgan fingerprint density at radius 2 is 1.41 bits per heavy atom. The summed E-state index contributed by atoms with van der Waals surface area (Å²) in [4.78, 5) is 23.1. The highest BCUT2D eigenvalue weighted by molar-refractivity contribution is 7.97. The summed E-state index contributed by atoms with van der Waals surface area (Å²) in [6.07, 6.45) is 5.38. The number of carbonyl (C=O) groups excluding carboxylic acids is 1. The monoisotopic (exact) mass is 702 g/mol. The molecule has 4 aromatic rings. The van der Waals surface area contributed by atoms with Crippen molar-refractivity contribution in [2.24, 2.45) is 0 Å². The van der Waals surface area contributed by atoms with Gasteiger partial charge in [0.05, 0.1) is 6.54 Å². The highest BCUT2D eigenvalue weighted by Gasteiger charge is 2.27. The highest BCUT2D eigenvalue weighted by Crippen LogP contribution is 2.34. The van der Waals surface area contributed by atoms with E-state index < -0.39 is 40.0 Å². The number of rotatable bonds is 15. The molecule has 1 amide bonds. The van der Waals surface area contributed by atoms with Crippen LogP contribution in [0.3, 0.4) is 0 Å². The van der Waals surface area contributed by atoms with Gasteiger partial charge in [-0.05, 0) is 59.5 Å². The van der Waals surface area contributed by atoms with E-state index in [0.29, 0.717) is 49.6 Å². The van der Waals surface area contributed by atoms with Crippen LogP contribution in [0.2, 0.25) is 0 Å². The molecule has 1 unspecified atom stereocenters. The molecule has 6 nitrogen and oxygen atoms in total. The quantitative estimate of drug-likeness (QED) is 0.0422. The van der Waals surface area contributed by atoms with E-state index in [9.17, 15) is 36.6 Å². The Balaban J connectivity index is 0.000000271. The predicted octanol–water partition coefficient (Wildman–Crippen LogP) is 9.85. The Bertz CT molecular complexity index is 1660. The molecule has 0 spiro atoms. The van der Waals surface area contributed by atoms with Crippen LogP contribution in [0.5, 0.6) is 5.75 Å². The Morgan fingerprint density at radius 3 is 1.92 bits per heavy atom. The van der Waals surface area contributed by atoms with E-state index in [-0.39, 0.29) is 11.3 Å². The lowest BCUT2D eigenvalue weighted by atomic mass is 9.91. The van der Waals surface area contributed by atoms with Gasteiger partial charge in [0, 0.05) is 24.8 Å². The topological polar surface area (TPSA) is 81.1 Å². The zero-order chi connectivity index (χ0) is 36.1. The second-order valence-electron chi connectivity index (χ2n) is 11.2. The molecule has 262 valence electrons. The van der Waals surface area contributed by atoms with Gasteiger partial charge in [-0.2, -0.15) is 0 Å². The Morgan fingerprint density at radius 1 is 0.816 bits per heavy atom.